The Morgan fingerprint density at radius 1 is 1.00 bits per heavy atom. The smallest absolute Gasteiger partial charge is 0.315 e. The normalized spacial score (nSPS) is 18.7. The Bertz CT molecular complexity index is 936. The van der Waals surface area contributed by atoms with Gasteiger partial charge < -0.3 is 15.1 Å². The number of anilines is 1. The minimum atomic E-state index is -3.30. The highest BCUT2D eigenvalue weighted by Gasteiger charge is 2.36. The molecule has 1 aromatic heterocycles. The molecule has 0 spiro atoms. The summed E-state index contributed by atoms with van der Waals surface area (Å²) >= 11 is 0. The molecule has 3 heterocycles. The number of nitrogens with one attached hydrogen (secondary N) is 1. The Hall–Kier alpha value is -2.43. The maximum Gasteiger partial charge on any atom is 0.315 e. The van der Waals surface area contributed by atoms with Crippen LogP contribution in [0.4, 0.5) is 5.82 Å². The van der Waals surface area contributed by atoms with Crippen LogP contribution in [0.5, 0.6) is 0 Å². The van der Waals surface area contributed by atoms with Crippen LogP contribution in [0.25, 0.3) is 0 Å². The third-order valence-corrected chi connectivity index (χ3v) is 6.30. The van der Waals surface area contributed by atoms with Gasteiger partial charge in [0.05, 0.1) is 22.7 Å². The molecule has 3 amide bonds. The molecule has 1 fully saturated rings. The van der Waals surface area contributed by atoms with Gasteiger partial charge in [-0.25, -0.2) is 13.1 Å². The molecular formula is C17H25N5O5S. The summed E-state index contributed by atoms with van der Waals surface area (Å²) in [5, 5.41) is 6.96. The third-order valence-electron chi connectivity index (χ3n) is 4.86. The van der Waals surface area contributed by atoms with Crippen LogP contribution in [0.15, 0.2) is 0 Å². The van der Waals surface area contributed by atoms with Crippen molar-refractivity contribution in [2.75, 3.05) is 31.5 Å². The fraction of sp³-hybridized carbons (Fsp3) is 0.647. The molecule has 0 aliphatic carbocycles. The highest BCUT2D eigenvalue weighted by molar-refractivity contribution is 7.90. The molecule has 1 N–H and O–H groups in total. The van der Waals surface area contributed by atoms with Crippen molar-refractivity contribution >= 4 is 33.4 Å². The van der Waals surface area contributed by atoms with E-state index in [0.717, 1.165) is 0 Å². The summed E-state index contributed by atoms with van der Waals surface area (Å²) in [5.41, 5.74) is 0.345. The summed E-state index contributed by atoms with van der Waals surface area (Å²) in [7, 11) is -3.30. The molecule has 2 aliphatic heterocycles. The van der Waals surface area contributed by atoms with Gasteiger partial charge in [-0.3, -0.25) is 14.4 Å². The highest BCUT2D eigenvalue weighted by atomic mass is 32.2. The van der Waals surface area contributed by atoms with Gasteiger partial charge in [0.15, 0.2) is 9.84 Å². The average Bonchev–Trinajstić information content (AvgIpc) is 3.06. The number of aromatic nitrogens is 2. The van der Waals surface area contributed by atoms with Crippen LogP contribution < -0.4 is 5.32 Å². The van der Waals surface area contributed by atoms with E-state index >= 15 is 0 Å². The van der Waals surface area contributed by atoms with E-state index in [1.54, 1.807) is 9.58 Å². The predicted octanol–water partition coefficient (Wildman–Crippen LogP) is -0.304. The van der Waals surface area contributed by atoms with Gasteiger partial charge in [0.2, 0.25) is 5.91 Å². The molecule has 28 heavy (non-hydrogen) atoms. The van der Waals surface area contributed by atoms with E-state index < -0.39 is 27.2 Å². The van der Waals surface area contributed by atoms with E-state index in [1.165, 1.54) is 11.8 Å². The number of amides is 3. The number of piperazine rings is 1. The number of carbonyl (C=O) groups excluding carboxylic acids is 3. The van der Waals surface area contributed by atoms with Gasteiger partial charge in [-0.15, -0.1) is 0 Å². The van der Waals surface area contributed by atoms with Crippen molar-refractivity contribution in [2.24, 2.45) is 0 Å². The van der Waals surface area contributed by atoms with Crippen LogP contribution in [-0.2, 0) is 41.3 Å². The lowest BCUT2D eigenvalue weighted by molar-refractivity contribution is -0.145. The minimum Gasteiger partial charge on any atom is -0.339 e. The molecule has 0 unspecified atom stereocenters. The lowest BCUT2D eigenvalue weighted by Crippen LogP contribution is -2.52. The lowest BCUT2D eigenvalue weighted by Gasteiger charge is -2.33. The van der Waals surface area contributed by atoms with Gasteiger partial charge in [-0.1, -0.05) is 0 Å². The first-order chi connectivity index (χ1) is 12.9. The van der Waals surface area contributed by atoms with Crippen molar-refractivity contribution in [3.8, 4) is 0 Å². The van der Waals surface area contributed by atoms with Crippen molar-refractivity contribution in [1.82, 2.24) is 19.6 Å². The molecule has 10 nitrogen and oxygen atoms in total. The third kappa shape index (κ3) is 3.89. The van der Waals surface area contributed by atoms with Crippen molar-refractivity contribution in [3.05, 3.63) is 11.3 Å². The van der Waals surface area contributed by atoms with Crippen molar-refractivity contribution < 1.29 is 22.8 Å². The first kappa shape index (κ1) is 20.3. The summed E-state index contributed by atoms with van der Waals surface area (Å²) < 4.78 is 25.5. The molecule has 154 valence electrons. The fourth-order valence-electron chi connectivity index (χ4n) is 3.39. The van der Waals surface area contributed by atoms with Crippen LogP contribution in [-0.4, -0.2) is 71.9 Å². The Balaban J connectivity index is 1.79. The van der Waals surface area contributed by atoms with E-state index in [-0.39, 0.29) is 36.3 Å². The zero-order valence-electron chi connectivity index (χ0n) is 16.5. The van der Waals surface area contributed by atoms with Crippen LogP contribution in [0.3, 0.4) is 0 Å². The van der Waals surface area contributed by atoms with Crippen LogP contribution in [0.2, 0.25) is 0 Å². The highest BCUT2D eigenvalue weighted by Crippen LogP contribution is 2.34. The Morgan fingerprint density at radius 2 is 1.57 bits per heavy atom. The molecule has 3 rings (SSSR count). The van der Waals surface area contributed by atoms with E-state index in [9.17, 15) is 22.8 Å². The molecule has 1 aromatic rings. The SMILES string of the molecule is CC(=O)N1CCN(C(=O)C(=O)Nc2c3c(nn2C(C)(C)C)CS(=O)(=O)C3)CC1. The van der Waals surface area contributed by atoms with Crippen LogP contribution in [0.1, 0.15) is 39.0 Å². The molecule has 0 aromatic carbocycles. The Kier molecular flexibility index (Phi) is 4.98. The van der Waals surface area contributed by atoms with Crippen molar-refractivity contribution in [3.63, 3.8) is 0 Å². The van der Waals surface area contributed by atoms with E-state index in [2.05, 4.69) is 10.4 Å². The molecule has 0 bridgehead atoms. The molecule has 2 aliphatic rings. The molecular weight excluding hydrogens is 386 g/mol. The monoisotopic (exact) mass is 411 g/mol. The average molecular weight is 411 g/mol. The number of carbonyl (C=O) groups is 3. The molecule has 1 saturated heterocycles. The van der Waals surface area contributed by atoms with Crippen LogP contribution >= 0.6 is 0 Å². The Morgan fingerprint density at radius 3 is 2.11 bits per heavy atom. The Labute approximate surface area is 163 Å². The molecule has 11 heteroatoms. The van der Waals surface area contributed by atoms with E-state index in [1.807, 2.05) is 20.8 Å². The number of nitrogens with zero attached hydrogens (tertiary/aromatic N) is 4. The second-order valence-electron chi connectivity index (χ2n) is 8.14. The number of rotatable bonds is 1. The van der Waals surface area contributed by atoms with Crippen LogP contribution in [0, 0.1) is 0 Å². The number of hydrogen-bond donors (Lipinski definition) is 1. The number of fused-ring (bicyclic) bond motifs is 1. The number of hydrogen-bond acceptors (Lipinski definition) is 6. The summed E-state index contributed by atoms with van der Waals surface area (Å²) in [4.78, 5) is 39.6. The van der Waals surface area contributed by atoms with Gasteiger partial charge in [0.1, 0.15) is 5.82 Å². The van der Waals surface area contributed by atoms with Crippen molar-refractivity contribution in [1.29, 1.82) is 0 Å². The maximum atomic E-state index is 12.6. The lowest BCUT2D eigenvalue weighted by atomic mass is 10.1. The van der Waals surface area contributed by atoms with Gasteiger partial charge in [0.25, 0.3) is 0 Å². The largest absolute Gasteiger partial charge is 0.339 e. The first-order valence-corrected chi connectivity index (χ1v) is 10.9. The van der Waals surface area contributed by atoms with Gasteiger partial charge in [0, 0.05) is 38.7 Å². The van der Waals surface area contributed by atoms with Gasteiger partial charge in [-0.05, 0) is 20.8 Å². The maximum absolute atomic E-state index is 12.6. The quantitative estimate of drug-likeness (QED) is 0.633. The summed E-state index contributed by atoms with van der Waals surface area (Å²) in [6, 6.07) is 0. The summed E-state index contributed by atoms with van der Waals surface area (Å²) in [6.07, 6.45) is 0. The molecule has 0 atom stereocenters. The molecule has 0 radical (unpaired) electrons. The van der Waals surface area contributed by atoms with Gasteiger partial charge >= 0.3 is 11.8 Å². The zero-order chi connectivity index (χ0) is 20.9. The first-order valence-electron chi connectivity index (χ1n) is 9.06. The number of sulfone groups is 1. The summed E-state index contributed by atoms with van der Waals surface area (Å²) in [6.45, 7) is 8.40. The minimum absolute atomic E-state index is 0.0672. The topological polar surface area (TPSA) is 122 Å². The zero-order valence-corrected chi connectivity index (χ0v) is 17.3. The van der Waals surface area contributed by atoms with Gasteiger partial charge in [-0.2, -0.15) is 5.10 Å². The summed E-state index contributed by atoms with van der Waals surface area (Å²) in [5.74, 6) is -1.74. The second-order valence-corrected chi connectivity index (χ2v) is 10.2. The second kappa shape index (κ2) is 6.87. The molecule has 0 saturated carbocycles. The van der Waals surface area contributed by atoms with Crippen molar-refractivity contribution in [2.45, 2.75) is 44.7 Å². The van der Waals surface area contributed by atoms with E-state index in [4.69, 9.17) is 0 Å². The standard InChI is InChI=1S/C17H25N5O5S/c1-11(23)20-5-7-21(8-6-20)16(25)15(24)18-14-12-9-28(26,27)10-13(12)19-22(14)17(2,3)4/h5-10H2,1-4H3,(H,18,24). The van der Waals surface area contributed by atoms with E-state index in [0.29, 0.717) is 24.3 Å². The fourth-order valence-corrected chi connectivity index (χ4v) is 4.88. The predicted molar refractivity (Wildman–Crippen MR) is 101 cm³/mol.